The number of nitrogens with one attached hydrogen (secondary N) is 1. The molecule has 23 heavy (non-hydrogen) atoms. The number of benzene rings is 2. The van der Waals surface area contributed by atoms with Crippen molar-refractivity contribution in [2.45, 2.75) is 13.0 Å². The van der Waals surface area contributed by atoms with Crippen molar-refractivity contribution in [2.24, 2.45) is 0 Å². The maximum absolute atomic E-state index is 11.9. The maximum Gasteiger partial charge on any atom is 0.224 e. The van der Waals surface area contributed by atoms with Gasteiger partial charge < -0.3 is 10.4 Å². The Hall–Kier alpha value is -3.15. The van der Waals surface area contributed by atoms with Gasteiger partial charge in [0, 0.05) is 5.56 Å². The van der Waals surface area contributed by atoms with Crippen LogP contribution in [-0.4, -0.2) is 26.0 Å². The highest BCUT2D eigenvalue weighted by molar-refractivity contribution is 5.79. The number of phenolic OH excluding ortho intramolecular Hbond substituents is 1. The molecule has 0 radical (unpaired) electrons. The van der Waals surface area contributed by atoms with E-state index in [9.17, 15) is 9.90 Å². The van der Waals surface area contributed by atoms with Gasteiger partial charge in [0.25, 0.3) is 0 Å². The summed E-state index contributed by atoms with van der Waals surface area (Å²) >= 11 is 0. The lowest BCUT2D eigenvalue weighted by Gasteiger charge is -2.05. The Balaban J connectivity index is 1.58. The average Bonchev–Trinajstić information content (AvgIpc) is 3.05. The molecule has 116 valence electrons. The Morgan fingerprint density at radius 3 is 2.61 bits per heavy atom. The molecule has 0 bridgehead atoms. The van der Waals surface area contributed by atoms with Crippen molar-refractivity contribution >= 4 is 5.91 Å². The molecule has 2 aromatic carbocycles. The van der Waals surface area contributed by atoms with E-state index in [1.807, 2.05) is 30.3 Å². The predicted octanol–water partition coefficient (Wildman–Crippen LogP) is 1.83. The molecular formula is C17H16N4O2. The number of rotatable bonds is 5. The zero-order valence-corrected chi connectivity index (χ0v) is 12.4. The molecule has 0 unspecified atom stereocenters. The van der Waals surface area contributed by atoms with Gasteiger partial charge in [0.15, 0.2) is 0 Å². The highest BCUT2D eigenvalue weighted by Gasteiger charge is 2.08. The molecule has 3 aromatic rings. The number of carbonyl (C=O) groups excluding carboxylic acids is 1. The van der Waals surface area contributed by atoms with Crippen LogP contribution < -0.4 is 5.32 Å². The van der Waals surface area contributed by atoms with Crippen LogP contribution in [0.15, 0.2) is 60.8 Å². The Bertz CT molecular complexity index is 799. The fraction of sp³-hybridized carbons (Fsp3) is 0.118. The summed E-state index contributed by atoms with van der Waals surface area (Å²) in [6.07, 6.45) is 1.90. The number of para-hydroxylation sites is 2. The molecular weight excluding hydrogens is 292 g/mol. The van der Waals surface area contributed by atoms with E-state index in [-0.39, 0.29) is 18.1 Å². The first-order valence-corrected chi connectivity index (χ1v) is 7.22. The van der Waals surface area contributed by atoms with E-state index in [0.29, 0.717) is 17.8 Å². The SMILES string of the molecule is O=C(Cc1ccccc1O)NCc1cn(-c2ccccc2)nn1. The van der Waals surface area contributed by atoms with Gasteiger partial charge in [0.1, 0.15) is 11.4 Å². The second-order valence-corrected chi connectivity index (χ2v) is 5.07. The molecule has 6 nitrogen and oxygen atoms in total. The van der Waals surface area contributed by atoms with Gasteiger partial charge in [-0.15, -0.1) is 5.10 Å². The standard InChI is InChI=1S/C17H16N4O2/c22-16-9-5-4-6-13(16)10-17(23)18-11-14-12-21(20-19-14)15-7-2-1-3-8-15/h1-9,12,22H,10-11H2,(H,18,23). The van der Waals surface area contributed by atoms with Crippen molar-refractivity contribution in [3.05, 3.63) is 72.1 Å². The molecule has 3 rings (SSSR count). The highest BCUT2D eigenvalue weighted by Crippen LogP contribution is 2.15. The summed E-state index contributed by atoms with van der Waals surface area (Å²) in [5.74, 6) is -0.0570. The van der Waals surface area contributed by atoms with Crippen molar-refractivity contribution in [1.82, 2.24) is 20.3 Å². The maximum atomic E-state index is 11.9. The van der Waals surface area contributed by atoms with E-state index in [0.717, 1.165) is 5.69 Å². The van der Waals surface area contributed by atoms with Crippen LogP contribution in [0.4, 0.5) is 0 Å². The van der Waals surface area contributed by atoms with Crippen LogP contribution in [0, 0.1) is 0 Å². The molecule has 1 heterocycles. The fourth-order valence-corrected chi connectivity index (χ4v) is 2.17. The van der Waals surface area contributed by atoms with Crippen molar-refractivity contribution < 1.29 is 9.90 Å². The number of amides is 1. The largest absolute Gasteiger partial charge is 0.508 e. The molecule has 0 fully saturated rings. The number of aromatic nitrogens is 3. The Morgan fingerprint density at radius 1 is 1.09 bits per heavy atom. The molecule has 0 saturated carbocycles. The van der Waals surface area contributed by atoms with Gasteiger partial charge in [-0.1, -0.05) is 41.6 Å². The molecule has 0 aliphatic carbocycles. The van der Waals surface area contributed by atoms with Crippen LogP contribution in [0.25, 0.3) is 5.69 Å². The van der Waals surface area contributed by atoms with Crippen molar-refractivity contribution in [3.8, 4) is 11.4 Å². The minimum absolute atomic E-state index is 0.123. The highest BCUT2D eigenvalue weighted by atomic mass is 16.3. The second-order valence-electron chi connectivity index (χ2n) is 5.07. The Labute approximate surface area is 133 Å². The molecule has 2 N–H and O–H groups in total. The van der Waals surface area contributed by atoms with Crippen molar-refractivity contribution in [1.29, 1.82) is 0 Å². The molecule has 0 aliphatic rings. The summed E-state index contributed by atoms with van der Waals surface area (Å²) in [6.45, 7) is 0.291. The van der Waals surface area contributed by atoms with E-state index in [1.54, 1.807) is 35.1 Å². The van der Waals surface area contributed by atoms with Gasteiger partial charge in [0.05, 0.1) is 24.8 Å². The van der Waals surface area contributed by atoms with Gasteiger partial charge in [0.2, 0.25) is 5.91 Å². The lowest BCUT2D eigenvalue weighted by atomic mass is 10.1. The van der Waals surface area contributed by atoms with Crippen molar-refractivity contribution in [2.75, 3.05) is 0 Å². The van der Waals surface area contributed by atoms with E-state index in [4.69, 9.17) is 0 Å². The summed E-state index contributed by atoms with van der Waals surface area (Å²) in [6, 6.07) is 16.4. The average molecular weight is 308 g/mol. The van der Waals surface area contributed by atoms with Gasteiger partial charge in [-0.05, 0) is 18.2 Å². The number of nitrogens with zero attached hydrogens (tertiary/aromatic N) is 3. The summed E-state index contributed by atoms with van der Waals surface area (Å²) in [4.78, 5) is 11.9. The lowest BCUT2D eigenvalue weighted by molar-refractivity contribution is -0.120. The van der Waals surface area contributed by atoms with Gasteiger partial charge in [-0.3, -0.25) is 4.79 Å². The van der Waals surface area contributed by atoms with Crippen LogP contribution in [-0.2, 0) is 17.8 Å². The van der Waals surface area contributed by atoms with Gasteiger partial charge >= 0.3 is 0 Å². The predicted molar refractivity (Wildman–Crippen MR) is 85.0 cm³/mol. The zero-order valence-electron chi connectivity index (χ0n) is 12.4. The first-order chi connectivity index (χ1) is 11.2. The number of carbonyl (C=O) groups is 1. The van der Waals surface area contributed by atoms with Crippen LogP contribution >= 0.6 is 0 Å². The van der Waals surface area contributed by atoms with Crippen LogP contribution in [0.3, 0.4) is 0 Å². The molecule has 0 spiro atoms. The number of hydrogen-bond donors (Lipinski definition) is 2. The van der Waals surface area contributed by atoms with E-state index < -0.39 is 0 Å². The molecule has 0 atom stereocenters. The first-order valence-electron chi connectivity index (χ1n) is 7.22. The third-order valence-corrected chi connectivity index (χ3v) is 3.37. The normalized spacial score (nSPS) is 10.4. The minimum atomic E-state index is -0.180. The number of hydrogen-bond acceptors (Lipinski definition) is 4. The van der Waals surface area contributed by atoms with E-state index in [2.05, 4.69) is 15.6 Å². The minimum Gasteiger partial charge on any atom is -0.508 e. The third-order valence-electron chi connectivity index (χ3n) is 3.37. The Morgan fingerprint density at radius 2 is 1.83 bits per heavy atom. The quantitative estimate of drug-likeness (QED) is 0.753. The number of aromatic hydroxyl groups is 1. The summed E-state index contributed by atoms with van der Waals surface area (Å²) in [7, 11) is 0. The molecule has 0 saturated heterocycles. The van der Waals surface area contributed by atoms with Crippen LogP contribution in [0.2, 0.25) is 0 Å². The third kappa shape index (κ3) is 3.74. The van der Waals surface area contributed by atoms with Crippen LogP contribution in [0.5, 0.6) is 5.75 Å². The monoisotopic (exact) mass is 308 g/mol. The zero-order chi connectivity index (χ0) is 16.1. The van der Waals surface area contributed by atoms with E-state index in [1.165, 1.54) is 0 Å². The molecule has 1 aromatic heterocycles. The topological polar surface area (TPSA) is 80.0 Å². The lowest BCUT2D eigenvalue weighted by Crippen LogP contribution is -2.24. The van der Waals surface area contributed by atoms with Gasteiger partial charge in [-0.25, -0.2) is 4.68 Å². The summed E-state index contributed by atoms with van der Waals surface area (Å²) < 4.78 is 1.66. The molecule has 6 heteroatoms. The molecule has 0 aliphatic heterocycles. The number of phenols is 1. The molecule has 1 amide bonds. The second kappa shape index (κ2) is 6.74. The van der Waals surface area contributed by atoms with Gasteiger partial charge in [-0.2, -0.15) is 0 Å². The summed E-state index contributed by atoms with van der Waals surface area (Å²) in [5.41, 5.74) is 2.17. The smallest absolute Gasteiger partial charge is 0.224 e. The van der Waals surface area contributed by atoms with Crippen molar-refractivity contribution in [3.63, 3.8) is 0 Å². The summed E-state index contributed by atoms with van der Waals surface area (Å²) in [5, 5.41) is 20.5. The van der Waals surface area contributed by atoms with Crippen LogP contribution in [0.1, 0.15) is 11.3 Å². The Kier molecular flexibility index (Phi) is 4.33. The fourth-order valence-electron chi connectivity index (χ4n) is 2.17. The first kappa shape index (κ1) is 14.8. The van der Waals surface area contributed by atoms with E-state index >= 15 is 0 Å².